The predicted octanol–water partition coefficient (Wildman–Crippen LogP) is 1.01. The van der Waals surface area contributed by atoms with Crippen molar-refractivity contribution < 1.29 is 5.11 Å². The fourth-order valence-corrected chi connectivity index (χ4v) is 2.69. The van der Waals surface area contributed by atoms with Crippen LogP contribution in [0.3, 0.4) is 0 Å². The van der Waals surface area contributed by atoms with Gasteiger partial charge in [-0.1, -0.05) is 18.2 Å². The van der Waals surface area contributed by atoms with Crippen molar-refractivity contribution >= 4 is 11.8 Å². The van der Waals surface area contributed by atoms with Gasteiger partial charge in [-0.2, -0.15) is 0 Å². The Morgan fingerprint density at radius 2 is 2.42 bits per heavy atom. The molecule has 3 heteroatoms. The first-order valence-electron chi connectivity index (χ1n) is 3.93. The van der Waals surface area contributed by atoms with Gasteiger partial charge in [-0.15, -0.1) is 11.8 Å². The second-order valence-corrected chi connectivity index (χ2v) is 4.23. The third-order valence-electron chi connectivity index (χ3n) is 2.11. The van der Waals surface area contributed by atoms with E-state index in [1.165, 1.54) is 0 Å². The smallest absolute Gasteiger partial charge is 0.0737 e. The molecule has 0 bridgehead atoms. The van der Waals surface area contributed by atoms with Crippen LogP contribution in [0, 0.1) is 5.92 Å². The van der Waals surface area contributed by atoms with Crippen LogP contribution in [-0.4, -0.2) is 17.0 Å². The summed E-state index contributed by atoms with van der Waals surface area (Å²) >= 11 is 1.67. The Balaban J connectivity index is 2.21. The Labute approximate surface area is 75.8 Å². The van der Waals surface area contributed by atoms with E-state index in [0.717, 1.165) is 10.6 Å². The summed E-state index contributed by atoms with van der Waals surface area (Å²) in [6.07, 6.45) is 8.12. The van der Waals surface area contributed by atoms with Crippen molar-refractivity contribution in [1.29, 1.82) is 0 Å². The van der Waals surface area contributed by atoms with Gasteiger partial charge in [0.25, 0.3) is 0 Å². The minimum absolute atomic E-state index is 0.138. The van der Waals surface area contributed by atoms with Crippen LogP contribution in [-0.2, 0) is 0 Å². The van der Waals surface area contributed by atoms with Gasteiger partial charge < -0.3 is 10.8 Å². The first-order valence-corrected chi connectivity index (χ1v) is 4.81. The molecule has 12 heavy (non-hydrogen) atoms. The summed E-state index contributed by atoms with van der Waals surface area (Å²) in [4.78, 5) is 1.04. The summed E-state index contributed by atoms with van der Waals surface area (Å²) in [5.41, 5.74) is 6.72. The van der Waals surface area contributed by atoms with E-state index in [1.54, 1.807) is 11.8 Å². The van der Waals surface area contributed by atoms with Gasteiger partial charge in [0.1, 0.15) is 0 Å². The number of aliphatic hydroxyl groups excluding tert-OH is 1. The first-order chi connectivity index (χ1) is 5.81. The summed E-state index contributed by atoms with van der Waals surface area (Å²) in [7, 11) is 0. The van der Waals surface area contributed by atoms with Gasteiger partial charge in [0.2, 0.25) is 0 Å². The van der Waals surface area contributed by atoms with Crippen LogP contribution in [0.1, 0.15) is 0 Å². The van der Waals surface area contributed by atoms with Crippen molar-refractivity contribution in [2.24, 2.45) is 11.7 Å². The highest BCUT2D eigenvalue weighted by Gasteiger charge is 2.29. The Kier molecular flexibility index (Phi) is 1.98. The summed E-state index contributed by atoms with van der Waals surface area (Å²) in [5.74, 6) is 0.391. The molecule has 1 aliphatic carbocycles. The fourth-order valence-electron chi connectivity index (χ4n) is 1.51. The zero-order valence-electron chi connectivity index (χ0n) is 6.60. The molecule has 2 unspecified atom stereocenters. The number of hydrogen-bond donors (Lipinski definition) is 2. The van der Waals surface area contributed by atoms with E-state index in [-0.39, 0.29) is 6.61 Å². The van der Waals surface area contributed by atoms with Crippen molar-refractivity contribution in [2.45, 2.75) is 5.25 Å². The number of thioether (sulfide) groups is 1. The number of aliphatic hydroxyl groups is 1. The van der Waals surface area contributed by atoms with Gasteiger partial charge in [-0.25, -0.2) is 0 Å². The van der Waals surface area contributed by atoms with Gasteiger partial charge in [-0.05, 0) is 6.08 Å². The number of rotatable bonds is 1. The molecule has 2 nitrogen and oxygen atoms in total. The molecule has 64 valence electrons. The van der Waals surface area contributed by atoms with Crippen LogP contribution in [0.4, 0.5) is 0 Å². The molecule has 0 fully saturated rings. The highest BCUT2D eigenvalue weighted by Crippen LogP contribution is 2.40. The van der Waals surface area contributed by atoms with E-state index >= 15 is 0 Å². The van der Waals surface area contributed by atoms with Gasteiger partial charge in [0.05, 0.1) is 11.9 Å². The summed E-state index contributed by atoms with van der Waals surface area (Å²) in [5, 5.41) is 9.26. The molecule has 1 aliphatic heterocycles. The highest BCUT2D eigenvalue weighted by molar-refractivity contribution is 8.04. The zero-order chi connectivity index (χ0) is 8.55. The average molecular weight is 181 g/mol. The highest BCUT2D eigenvalue weighted by atomic mass is 32.2. The molecule has 0 amide bonds. The van der Waals surface area contributed by atoms with Gasteiger partial charge in [0, 0.05) is 16.5 Å². The number of allylic oxidation sites excluding steroid dienone is 4. The number of fused-ring (bicyclic) bond motifs is 1. The summed E-state index contributed by atoms with van der Waals surface area (Å²) < 4.78 is 0. The van der Waals surface area contributed by atoms with E-state index in [1.807, 2.05) is 12.2 Å². The van der Waals surface area contributed by atoms with E-state index in [0.29, 0.717) is 11.2 Å². The molecule has 0 aromatic rings. The molecule has 3 N–H and O–H groups in total. The maximum Gasteiger partial charge on any atom is 0.0737 e. The molecule has 0 saturated carbocycles. The lowest BCUT2D eigenvalue weighted by Gasteiger charge is -2.18. The standard InChI is InChI=1S/C9H11NOS/c10-8-3-1-2-6-4-7(5-11)12-9(6)8/h1-4,6,9,11H,5,10H2. The average Bonchev–Trinajstić information content (AvgIpc) is 2.49. The van der Waals surface area contributed by atoms with Gasteiger partial charge >= 0.3 is 0 Å². The van der Waals surface area contributed by atoms with Crippen LogP contribution in [0.25, 0.3) is 0 Å². The van der Waals surface area contributed by atoms with Crippen molar-refractivity contribution in [2.75, 3.05) is 6.61 Å². The zero-order valence-corrected chi connectivity index (χ0v) is 7.42. The lowest BCUT2D eigenvalue weighted by atomic mass is 9.98. The van der Waals surface area contributed by atoms with E-state index in [2.05, 4.69) is 12.2 Å². The molecule has 0 radical (unpaired) electrons. The second-order valence-electron chi connectivity index (χ2n) is 2.96. The van der Waals surface area contributed by atoms with E-state index < -0.39 is 0 Å². The van der Waals surface area contributed by atoms with Crippen molar-refractivity contribution in [3.63, 3.8) is 0 Å². The third kappa shape index (κ3) is 1.19. The molecule has 0 spiro atoms. The molecule has 2 rings (SSSR count). The molecule has 2 aliphatic rings. The lowest BCUT2D eigenvalue weighted by molar-refractivity contribution is 0.339. The largest absolute Gasteiger partial charge is 0.401 e. The molecule has 0 aromatic carbocycles. The second kappa shape index (κ2) is 2.99. The molecule has 0 saturated heterocycles. The molecule has 1 heterocycles. The number of hydrogen-bond acceptors (Lipinski definition) is 3. The first kappa shape index (κ1) is 7.95. The van der Waals surface area contributed by atoms with E-state index in [4.69, 9.17) is 10.8 Å². The van der Waals surface area contributed by atoms with Crippen LogP contribution in [0.15, 0.2) is 34.9 Å². The Morgan fingerprint density at radius 1 is 1.58 bits per heavy atom. The maximum absolute atomic E-state index is 8.93. The van der Waals surface area contributed by atoms with Crippen molar-refractivity contribution in [3.05, 3.63) is 34.9 Å². The third-order valence-corrected chi connectivity index (χ3v) is 3.52. The predicted molar refractivity (Wildman–Crippen MR) is 51.4 cm³/mol. The summed E-state index contributed by atoms with van der Waals surface area (Å²) in [6, 6.07) is 0. The molecule has 2 atom stereocenters. The normalized spacial score (nSPS) is 32.8. The Morgan fingerprint density at radius 3 is 3.08 bits per heavy atom. The quantitative estimate of drug-likeness (QED) is 0.634. The minimum Gasteiger partial charge on any atom is -0.401 e. The van der Waals surface area contributed by atoms with Gasteiger partial charge in [0.15, 0.2) is 0 Å². The van der Waals surface area contributed by atoms with Crippen LogP contribution >= 0.6 is 11.8 Å². The van der Waals surface area contributed by atoms with Crippen LogP contribution < -0.4 is 5.73 Å². The monoisotopic (exact) mass is 181 g/mol. The minimum atomic E-state index is 0.138. The molecular formula is C9H11NOS. The Hall–Kier alpha value is -0.670. The molecule has 0 aromatic heterocycles. The number of nitrogens with two attached hydrogens (primary N) is 1. The SMILES string of the molecule is NC1=CC=CC2C=C(CO)SC12. The Bertz CT molecular complexity index is 280. The van der Waals surface area contributed by atoms with Crippen LogP contribution in [0.2, 0.25) is 0 Å². The van der Waals surface area contributed by atoms with E-state index in [9.17, 15) is 0 Å². The topological polar surface area (TPSA) is 46.2 Å². The van der Waals surface area contributed by atoms with Gasteiger partial charge in [-0.3, -0.25) is 0 Å². The molecular weight excluding hydrogens is 170 g/mol. The van der Waals surface area contributed by atoms with Crippen molar-refractivity contribution in [1.82, 2.24) is 0 Å². The van der Waals surface area contributed by atoms with Crippen molar-refractivity contribution in [3.8, 4) is 0 Å². The van der Waals surface area contributed by atoms with Crippen LogP contribution in [0.5, 0.6) is 0 Å². The fraction of sp³-hybridized carbons (Fsp3) is 0.333. The maximum atomic E-state index is 8.93. The summed E-state index contributed by atoms with van der Waals surface area (Å²) in [6.45, 7) is 0.138. The lowest BCUT2D eigenvalue weighted by Crippen LogP contribution is -2.20.